The standard InChI is InChI=1S/C14H21N6.C2H4O2/c1-5-20(6-2)13-9-7-12(8-10-13)15-16-14-17-19(4)11-18(14)3;1-2(3)4/h7-11H,5-6H2,1-4H3;1H3,(H,3,4)/q+1;/p-1. The van der Waals surface area contributed by atoms with E-state index < -0.39 is 5.97 Å². The second-order valence-corrected chi connectivity index (χ2v) is 5.08. The SMILES string of the molecule is CC(=O)[O-].CCN(CC)c1ccc(N=Nc2nn(C)c[n+]2C)cc1. The van der Waals surface area contributed by atoms with Crippen LogP contribution in [0, 0.1) is 0 Å². The highest BCUT2D eigenvalue weighted by Gasteiger charge is 2.10. The molecule has 2 aromatic rings. The maximum Gasteiger partial charge on any atom is 0.435 e. The zero-order valence-electron chi connectivity index (χ0n) is 14.8. The Morgan fingerprint density at radius 2 is 1.79 bits per heavy atom. The number of benzene rings is 1. The second kappa shape index (κ2) is 9.39. The summed E-state index contributed by atoms with van der Waals surface area (Å²) in [6.07, 6.45) is 1.85. The fraction of sp³-hybridized carbons (Fsp3) is 0.438. The van der Waals surface area contributed by atoms with Crippen LogP contribution in [0.15, 0.2) is 40.8 Å². The Kier molecular flexibility index (Phi) is 7.54. The van der Waals surface area contributed by atoms with E-state index in [1.54, 1.807) is 4.68 Å². The number of carbonyl (C=O) groups excluding carboxylic acids is 1. The van der Waals surface area contributed by atoms with Crippen LogP contribution in [-0.2, 0) is 18.9 Å². The Hall–Kier alpha value is -2.77. The van der Waals surface area contributed by atoms with Crippen LogP contribution in [0.5, 0.6) is 0 Å². The molecule has 0 N–H and O–H groups in total. The molecule has 1 aromatic heterocycles. The number of hydrogen-bond acceptors (Lipinski definition) is 6. The van der Waals surface area contributed by atoms with Crippen LogP contribution in [0.4, 0.5) is 17.3 Å². The molecule has 0 amide bonds. The highest BCUT2D eigenvalue weighted by Crippen LogP contribution is 2.20. The van der Waals surface area contributed by atoms with E-state index in [4.69, 9.17) is 9.90 Å². The van der Waals surface area contributed by atoms with Crippen molar-refractivity contribution in [1.29, 1.82) is 0 Å². The van der Waals surface area contributed by atoms with Gasteiger partial charge in [-0.3, -0.25) is 0 Å². The van der Waals surface area contributed by atoms with Crippen molar-refractivity contribution in [2.24, 2.45) is 24.3 Å². The van der Waals surface area contributed by atoms with Crippen LogP contribution >= 0.6 is 0 Å². The van der Waals surface area contributed by atoms with Gasteiger partial charge < -0.3 is 14.8 Å². The zero-order valence-corrected chi connectivity index (χ0v) is 14.8. The fourth-order valence-corrected chi connectivity index (χ4v) is 2.05. The molecule has 0 spiro atoms. The van der Waals surface area contributed by atoms with Gasteiger partial charge in [0.25, 0.3) is 0 Å². The largest absolute Gasteiger partial charge is 0.550 e. The lowest BCUT2D eigenvalue weighted by Gasteiger charge is -2.20. The molecular weight excluding hydrogens is 308 g/mol. The number of nitrogens with zero attached hydrogens (tertiary/aromatic N) is 6. The third-order valence-electron chi connectivity index (χ3n) is 3.14. The van der Waals surface area contributed by atoms with Crippen LogP contribution in [-0.4, -0.2) is 28.8 Å². The topological polar surface area (TPSA) is 89.8 Å². The molecule has 0 unspecified atom stereocenters. The Morgan fingerprint density at radius 1 is 1.25 bits per heavy atom. The minimum Gasteiger partial charge on any atom is -0.550 e. The summed E-state index contributed by atoms with van der Waals surface area (Å²) in [7, 11) is 3.75. The molecule has 0 radical (unpaired) electrons. The summed E-state index contributed by atoms with van der Waals surface area (Å²) in [4.78, 5) is 11.2. The van der Waals surface area contributed by atoms with Gasteiger partial charge in [-0.1, -0.05) is 5.11 Å². The van der Waals surface area contributed by atoms with Crippen LogP contribution in [0.3, 0.4) is 0 Å². The highest BCUT2D eigenvalue weighted by atomic mass is 16.4. The van der Waals surface area contributed by atoms with Gasteiger partial charge in [-0.2, -0.15) is 0 Å². The van der Waals surface area contributed by atoms with E-state index >= 15 is 0 Å². The number of carboxylic acid groups (broad SMARTS) is 1. The first kappa shape index (κ1) is 19.3. The van der Waals surface area contributed by atoms with E-state index in [2.05, 4.69) is 46.2 Å². The van der Waals surface area contributed by atoms with Gasteiger partial charge in [0.15, 0.2) is 6.33 Å². The Bertz CT molecular complexity index is 670. The van der Waals surface area contributed by atoms with Crippen molar-refractivity contribution in [3.63, 3.8) is 0 Å². The lowest BCUT2D eigenvalue weighted by molar-refractivity contribution is -0.659. The van der Waals surface area contributed by atoms with Crippen molar-refractivity contribution >= 4 is 23.3 Å². The Labute approximate surface area is 142 Å². The molecule has 8 nitrogen and oxygen atoms in total. The van der Waals surface area contributed by atoms with Crippen LogP contribution in [0.25, 0.3) is 0 Å². The molecule has 2 rings (SSSR count). The van der Waals surface area contributed by atoms with Crippen molar-refractivity contribution in [3.8, 4) is 0 Å². The first-order chi connectivity index (χ1) is 11.4. The monoisotopic (exact) mass is 332 g/mol. The first-order valence-corrected chi connectivity index (χ1v) is 7.71. The molecule has 0 saturated carbocycles. The van der Waals surface area contributed by atoms with Gasteiger partial charge >= 0.3 is 5.95 Å². The van der Waals surface area contributed by atoms with Gasteiger partial charge in [0, 0.05) is 35.0 Å². The Balaban J connectivity index is 0.000000648. The predicted octanol–water partition coefficient (Wildman–Crippen LogP) is 1.26. The summed E-state index contributed by atoms with van der Waals surface area (Å²) in [5.74, 6) is -0.500. The quantitative estimate of drug-likeness (QED) is 0.609. The Morgan fingerprint density at radius 3 is 2.21 bits per heavy atom. The number of aliphatic carboxylic acids is 1. The number of hydrogen-bond donors (Lipinski definition) is 0. The molecule has 1 aromatic carbocycles. The number of aryl methyl sites for hydroxylation is 2. The summed E-state index contributed by atoms with van der Waals surface area (Å²) in [6, 6.07) is 8.08. The predicted molar refractivity (Wildman–Crippen MR) is 89.2 cm³/mol. The second-order valence-electron chi connectivity index (χ2n) is 5.08. The minimum atomic E-state index is -1.08. The summed E-state index contributed by atoms with van der Waals surface area (Å²) in [6.45, 7) is 7.28. The van der Waals surface area contributed by atoms with E-state index in [0.29, 0.717) is 5.95 Å². The molecule has 0 bridgehead atoms. The molecule has 130 valence electrons. The summed E-state index contributed by atoms with van der Waals surface area (Å²) < 4.78 is 3.53. The zero-order chi connectivity index (χ0) is 18.1. The van der Waals surface area contributed by atoms with Gasteiger partial charge in [0.05, 0.1) is 19.8 Å². The van der Waals surface area contributed by atoms with Gasteiger partial charge in [-0.05, 0) is 45.0 Å². The van der Waals surface area contributed by atoms with Crippen LogP contribution < -0.4 is 14.6 Å². The van der Waals surface area contributed by atoms with E-state index in [-0.39, 0.29) is 0 Å². The normalized spacial score (nSPS) is 10.4. The van der Waals surface area contributed by atoms with Gasteiger partial charge in [0.2, 0.25) is 0 Å². The summed E-state index contributed by atoms with van der Waals surface area (Å²) in [5.41, 5.74) is 2.03. The molecule has 0 saturated heterocycles. The molecule has 0 fully saturated rings. The number of anilines is 1. The van der Waals surface area contributed by atoms with Crippen LogP contribution in [0.2, 0.25) is 0 Å². The van der Waals surface area contributed by atoms with E-state index in [1.807, 2.05) is 37.1 Å². The molecule has 24 heavy (non-hydrogen) atoms. The van der Waals surface area contributed by atoms with E-state index in [0.717, 1.165) is 25.7 Å². The van der Waals surface area contributed by atoms with Crippen molar-refractivity contribution < 1.29 is 14.5 Å². The molecule has 0 aliphatic heterocycles. The number of aromatic nitrogens is 3. The maximum atomic E-state index is 8.89. The van der Waals surface area contributed by atoms with Crippen molar-refractivity contribution in [1.82, 2.24) is 9.78 Å². The van der Waals surface area contributed by atoms with E-state index in [1.165, 1.54) is 5.69 Å². The number of carboxylic acids is 1. The first-order valence-electron chi connectivity index (χ1n) is 7.71. The van der Waals surface area contributed by atoms with Crippen molar-refractivity contribution in [3.05, 3.63) is 30.6 Å². The fourth-order valence-electron chi connectivity index (χ4n) is 2.05. The van der Waals surface area contributed by atoms with E-state index in [9.17, 15) is 0 Å². The summed E-state index contributed by atoms with van der Waals surface area (Å²) in [5, 5.41) is 21.5. The molecular formula is C16H24N6O2. The van der Waals surface area contributed by atoms with Crippen molar-refractivity contribution in [2.75, 3.05) is 18.0 Å². The average molecular weight is 332 g/mol. The van der Waals surface area contributed by atoms with Crippen molar-refractivity contribution in [2.45, 2.75) is 20.8 Å². The van der Waals surface area contributed by atoms with Gasteiger partial charge in [-0.15, -0.1) is 4.68 Å². The maximum absolute atomic E-state index is 8.89. The third kappa shape index (κ3) is 6.15. The molecule has 0 aliphatic carbocycles. The average Bonchev–Trinajstić information content (AvgIpc) is 2.85. The third-order valence-corrected chi connectivity index (χ3v) is 3.14. The molecule has 0 aliphatic rings. The number of carbonyl (C=O) groups is 1. The summed E-state index contributed by atoms with van der Waals surface area (Å²) >= 11 is 0. The van der Waals surface area contributed by atoms with Crippen LogP contribution in [0.1, 0.15) is 20.8 Å². The molecule has 0 atom stereocenters. The smallest absolute Gasteiger partial charge is 0.435 e. The lowest BCUT2D eigenvalue weighted by atomic mass is 10.2. The molecule has 1 heterocycles. The van der Waals surface area contributed by atoms with Gasteiger partial charge in [-0.25, -0.2) is 4.57 Å². The lowest BCUT2D eigenvalue weighted by Crippen LogP contribution is -2.24. The highest BCUT2D eigenvalue weighted by molar-refractivity contribution is 5.60. The van der Waals surface area contributed by atoms with Gasteiger partial charge in [0.1, 0.15) is 0 Å². The molecule has 8 heteroatoms. The number of azo groups is 1. The number of rotatable bonds is 5. The minimum absolute atomic E-state index is 0.584.